The third-order valence-electron chi connectivity index (χ3n) is 2.04. The molecule has 0 atom stereocenters. The molecule has 16 heavy (non-hydrogen) atoms. The molecule has 0 saturated heterocycles. The molecule has 0 aliphatic heterocycles. The van der Waals surface area contributed by atoms with Crippen LogP contribution in [0.25, 0.3) is 0 Å². The summed E-state index contributed by atoms with van der Waals surface area (Å²) in [7, 11) is 1.56. The number of ether oxygens (including phenoxy) is 1. The molecule has 0 saturated carbocycles. The van der Waals surface area contributed by atoms with Crippen molar-refractivity contribution in [1.29, 1.82) is 0 Å². The summed E-state index contributed by atoms with van der Waals surface area (Å²) in [6.07, 6.45) is -0.467. The van der Waals surface area contributed by atoms with Crippen molar-refractivity contribution in [1.82, 2.24) is 0 Å². The summed E-state index contributed by atoms with van der Waals surface area (Å²) in [5, 5.41) is 8.70. The van der Waals surface area contributed by atoms with E-state index in [4.69, 9.17) is 9.84 Å². The second-order valence-electron chi connectivity index (χ2n) is 3.11. The molecule has 5 nitrogen and oxygen atoms in total. The highest BCUT2D eigenvalue weighted by Crippen LogP contribution is 2.14. The fourth-order valence-electron chi connectivity index (χ4n) is 1.15. The molecule has 1 amide bonds. The molecule has 1 aromatic carbocycles. The van der Waals surface area contributed by atoms with Gasteiger partial charge in [-0.05, 0) is 31.2 Å². The quantitative estimate of drug-likeness (QED) is 0.850. The lowest BCUT2D eigenvalue weighted by molar-refractivity contribution is 0.0697. The van der Waals surface area contributed by atoms with E-state index in [9.17, 15) is 9.59 Å². The first-order valence-electron chi connectivity index (χ1n) is 4.80. The molecule has 0 bridgehead atoms. The number of aromatic carboxylic acids is 1. The van der Waals surface area contributed by atoms with Gasteiger partial charge in [-0.25, -0.2) is 9.59 Å². The Morgan fingerprint density at radius 3 is 2.31 bits per heavy atom. The van der Waals surface area contributed by atoms with Gasteiger partial charge in [0.15, 0.2) is 0 Å². The van der Waals surface area contributed by atoms with E-state index in [2.05, 4.69) is 0 Å². The molecule has 0 heterocycles. The number of carbonyl (C=O) groups is 2. The summed E-state index contributed by atoms with van der Waals surface area (Å²) in [4.78, 5) is 23.3. The van der Waals surface area contributed by atoms with Crippen molar-refractivity contribution >= 4 is 17.7 Å². The van der Waals surface area contributed by atoms with E-state index in [0.29, 0.717) is 12.3 Å². The van der Waals surface area contributed by atoms with E-state index in [-0.39, 0.29) is 5.56 Å². The van der Waals surface area contributed by atoms with Gasteiger partial charge in [0.2, 0.25) is 0 Å². The summed E-state index contributed by atoms with van der Waals surface area (Å²) in [5.74, 6) is -0.995. The number of carboxylic acids is 1. The van der Waals surface area contributed by atoms with E-state index < -0.39 is 12.1 Å². The van der Waals surface area contributed by atoms with Gasteiger partial charge < -0.3 is 9.84 Å². The van der Waals surface area contributed by atoms with Gasteiger partial charge in [0.1, 0.15) is 0 Å². The average Bonchev–Trinajstić information content (AvgIpc) is 2.28. The van der Waals surface area contributed by atoms with Gasteiger partial charge in [-0.3, -0.25) is 4.90 Å². The van der Waals surface area contributed by atoms with Gasteiger partial charge >= 0.3 is 12.1 Å². The Hall–Kier alpha value is -2.04. The number of hydrogen-bond acceptors (Lipinski definition) is 3. The summed E-state index contributed by atoms with van der Waals surface area (Å²) in [5.41, 5.74) is 0.768. The SMILES string of the molecule is CCOC(=O)N(C)c1ccc(C(=O)O)cc1. The summed E-state index contributed by atoms with van der Waals surface area (Å²) in [6, 6.07) is 5.99. The topological polar surface area (TPSA) is 66.8 Å². The number of rotatable bonds is 3. The molecule has 86 valence electrons. The zero-order valence-electron chi connectivity index (χ0n) is 9.14. The van der Waals surface area contributed by atoms with Crippen molar-refractivity contribution < 1.29 is 19.4 Å². The molecule has 0 unspecified atom stereocenters. The third-order valence-corrected chi connectivity index (χ3v) is 2.04. The summed E-state index contributed by atoms with van der Waals surface area (Å²) >= 11 is 0. The second kappa shape index (κ2) is 5.16. The first-order valence-corrected chi connectivity index (χ1v) is 4.80. The minimum absolute atomic E-state index is 0.181. The Kier molecular flexibility index (Phi) is 3.88. The Labute approximate surface area is 93.2 Å². The predicted octanol–water partition coefficient (Wildman–Crippen LogP) is 1.98. The van der Waals surface area contributed by atoms with E-state index in [1.807, 2.05) is 0 Å². The van der Waals surface area contributed by atoms with Gasteiger partial charge in [-0.1, -0.05) is 0 Å². The highest BCUT2D eigenvalue weighted by molar-refractivity contribution is 5.90. The van der Waals surface area contributed by atoms with E-state index in [1.54, 1.807) is 26.1 Å². The molecule has 1 rings (SSSR count). The zero-order chi connectivity index (χ0) is 12.1. The second-order valence-corrected chi connectivity index (χ2v) is 3.11. The van der Waals surface area contributed by atoms with Crippen LogP contribution >= 0.6 is 0 Å². The van der Waals surface area contributed by atoms with E-state index in [1.165, 1.54) is 17.0 Å². The third kappa shape index (κ3) is 2.73. The minimum Gasteiger partial charge on any atom is -0.478 e. The van der Waals surface area contributed by atoms with Crippen LogP contribution in [-0.4, -0.2) is 30.8 Å². The fourth-order valence-corrected chi connectivity index (χ4v) is 1.15. The maximum atomic E-state index is 11.3. The highest BCUT2D eigenvalue weighted by Gasteiger charge is 2.11. The van der Waals surface area contributed by atoms with Crippen molar-refractivity contribution in [2.24, 2.45) is 0 Å². The van der Waals surface area contributed by atoms with E-state index in [0.717, 1.165) is 0 Å². The van der Waals surface area contributed by atoms with Gasteiger partial charge in [0, 0.05) is 12.7 Å². The molecule has 1 N–H and O–H groups in total. The molecule has 5 heteroatoms. The van der Waals surface area contributed by atoms with Crippen LogP contribution in [0.4, 0.5) is 10.5 Å². The zero-order valence-corrected chi connectivity index (χ0v) is 9.14. The number of anilines is 1. The van der Waals surface area contributed by atoms with Crippen LogP contribution in [0.15, 0.2) is 24.3 Å². The first kappa shape index (κ1) is 12.0. The Bertz CT molecular complexity index is 385. The lowest BCUT2D eigenvalue weighted by Crippen LogP contribution is -2.26. The molecule has 0 aliphatic carbocycles. The number of nitrogens with zero attached hydrogens (tertiary/aromatic N) is 1. The molecule has 0 fully saturated rings. The highest BCUT2D eigenvalue weighted by atomic mass is 16.6. The standard InChI is InChI=1S/C11H13NO4/c1-3-16-11(15)12(2)9-6-4-8(5-7-9)10(13)14/h4-7H,3H2,1-2H3,(H,13,14). The van der Waals surface area contributed by atoms with Crippen LogP contribution in [0, 0.1) is 0 Å². The summed E-state index contributed by atoms with van der Waals surface area (Å²) in [6.45, 7) is 2.02. The summed E-state index contributed by atoms with van der Waals surface area (Å²) < 4.78 is 4.81. The van der Waals surface area contributed by atoms with Crippen LogP contribution in [0.2, 0.25) is 0 Å². The monoisotopic (exact) mass is 223 g/mol. The van der Waals surface area contributed by atoms with E-state index >= 15 is 0 Å². The molecule has 0 aliphatic rings. The van der Waals surface area contributed by atoms with Crippen molar-refractivity contribution in [3.8, 4) is 0 Å². The maximum Gasteiger partial charge on any atom is 0.413 e. The van der Waals surface area contributed by atoms with Crippen LogP contribution in [-0.2, 0) is 4.74 Å². The predicted molar refractivity (Wildman–Crippen MR) is 58.8 cm³/mol. The van der Waals surface area contributed by atoms with Crippen LogP contribution < -0.4 is 4.90 Å². The van der Waals surface area contributed by atoms with Crippen molar-refractivity contribution in [2.45, 2.75) is 6.92 Å². The first-order chi connectivity index (χ1) is 7.56. The normalized spacial score (nSPS) is 9.62. The van der Waals surface area contributed by atoms with Gasteiger partial charge in [0.25, 0.3) is 0 Å². The Balaban J connectivity index is 2.81. The Morgan fingerprint density at radius 1 is 1.31 bits per heavy atom. The van der Waals surface area contributed by atoms with Gasteiger partial charge in [0.05, 0.1) is 12.2 Å². The van der Waals surface area contributed by atoms with Gasteiger partial charge in [-0.2, -0.15) is 0 Å². The number of hydrogen-bond donors (Lipinski definition) is 1. The molecule has 0 aromatic heterocycles. The minimum atomic E-state index is -0.995. The van der Waals surface area contributed by atoms with Gasteiger partial charge in [-0.15, -0.1) is 0 Å². The molecular weight excluding hydrogens is 210 g/mol. The van der Waals surface area contributed by atoms with Crippen molar-refractivity contribution in [2.75, 3.05) is 18.6 Å². The molecule has 0 radical (unpaired) electrons. The maximum absolute atomic E-state index is 11.3. The smallest absolute Gasteiger partial charge is 0.413 e. The van der Waals surface area contributed by atoms with Crippen LogP contribution in [0.1, 0.15) is 17.3 Å². The lowest BCUT2D eigenvalue weighted by atomic mass is 10.2. The van der Waals surface area contributed by atoms with Crippen molar-refractivity contribution in [3.63, 3.8) is 0 Å². The average molecular weight is 223 g/mol. The van der Waals surface area contributed by atoms with Crippen molar-refractivity contribution in [3.05, 3.63) is 29.8 Å². The van der Waals surface area contributed by atoms with Crippen LogP contribution in [0.3, 0.4) is 0 Å². The molecular formula is C11H13NO4. The molecule has 1 aromatic rings. The number of carbonyl (C=O) groups excluding carboxylic acids is 1. The van der Waals surface area contributed by atoms with Crippen LogP contribution in [0.5, 0.6) is 0 Å². The molecule has 0 spiro atoms. The number of amides is 1. The largest absolute Gasteiger partial charge is 0.478 e. The number of carboxylic acid groups (broad SMARTS) is 1. The number of benzene rings is 1. The fraction of sp³-hybridized carbons (Fsp3) is 0.273. The Morgan fingerprint density at radius 2 is 1.88 bits per heavy atom. The lowest BCUT2D eigenvalue weighted by Gasteiger charge is -2.16.